The molecule has 0 radical (unpaired) electrons. The molecular formula is C22H18ClNO4. The van der Waals surface area contributed by atoms with Crippen molar-refractivity contribution in [1.29, 1.82) is 0 Å². The zero-order valence-corrected chi connectivity index (χ0v) is 15.9. The van der Waals surface area contributed by atoms with Crippen molar-refractivity contribution in [2.45, 2.75) is 0 Å². The lowest BCUT2D eigenvalue weighted by molar-refractivity contribution is -0.142. The van der Waals surface area contributed by atoms with Gasteiger partial charge in [0, 0.05) is 16.8 Å². The molecule has 3 rings (SSSR count). The van der Waals surface area contributed by atoms with Crippen molar-refractivity contribution in [2.24, 2.45) is 0 Å². The van der Waals surface area contributed by atoms with E-state index in [1.165, 1.54) is 6.08 Å². The summed E-state index contributed by atoms with van der Waals surface area (Å²) in [5.41, 5.74) is 1.43. The largest absolute Gasteiger partial charge is 0.497 e. The van der Waals surface area contributed by atoms with E-state index in [0.29, 0.717) is 10.7 Å². The van der Waals surface area contributed by atoms with Crippen LogP contribution in [0.1, 0.15) is 5.56 Å². The monoisotopic (exact) mass is 395 g/mol. The fraction of sp³-hybridized carbons (Fsp3) is 0.0909. The molecule has 0 saturated heterocycles. The van der Waals surface area contributed by atoms with Crippen LogP contribution in [0.25, 0.3) is 16.8 Å². The van der Waals surface area contributed by atoms with E-state index >= 15 is 0 Å². The number of anilines is 1. The molecule has 3 aromatic carbocycles. The van der Waals surface area contributed by atoms with Crippen LogP contribution < -0.4 is 10.1 Å². The third-order valence-electron chi connectivity index (χ3n) is 3.96. The molecule has 0 aliphatic rings. The predicted molar refractivity (Wildman–Crippen MR) is 111 cm³/mol. The predicted octanol–water partition coefficient (Wildman–Crippen LogP) is 4.70. The molecule has 0 bridgehead atoms. The Labute approximate surface area is 167 Å². The summed E-state index contributed by atoms with van der Waals surface area (Å²) in [6.07, 6.45) is 2.93. The molecule has 5 nitrogen and oxygen atoms in total. The Morgan fingerprint density at radius 3 is 2.46 bits per heavy atom. The van der Waals surface area contributed by atoms with Gasteiger partial charge in [-0.15, -0.1) is 0 Å². The first-order valence-electron chi connectivity index (χ1n) is 8.51. The van der Waals surface area contributed by atoms with Gasteiger partial charge in [-0.05, 0) is 64.9 Å². The van der Waals surface area contributed by atoms with Gasteiger partial charge in [-0.25, -0.2) is 4.79 Å². The van der Waals surface area contributed by atoms with E-state index in [0.717, 1.165) is 22.1 Å². The fourth-order valence-electron chi connectivity index (χ4n) is 2.55. The smallest absolute Gasteiger partial charge is 0.331 e. The van der Waals surface area contributed by atoms with Crippen LogP contribution in [0, 0.1) is 0 Å². The number of methoxy groups -OCH3 is 1. The van der Waals surface area contributed by atoms with E-state index in [4.69, 9.17) is 21.1 Å². The molecule has 1 amide bonds. The Kier molecular flexibility index (Phi) is 6.29. The fourth-order valence-corrected chi connectivity index (χ4v) is 2.68. The van der Waals surface area contributed by atoms with Gasteiger partial charge in [-0.2, -0.15) is 0 Å². The maximum Gasteiger partial charge on any atom is 0.331 e. The van der Waals surface area contributed by atoms with Crippen LogP contribution in [-0.2, 0) is 14.3 Å². The number of ether oxygens (including phenoxy) is 2. The van der Waals surface area contributed by atoms with Crippen LogP contribution in [0.5, 0.6) is 5.75 Å². The summed E-state index contributed by atoms with van der Waals surface area (Å²) >= 11 is 5.79. The van der Waals surface area contributed by atoms with E-state index in [2.05, 4.69) is 5.32 Å². The lowest BCUT2D eigenvalue weighted by atomic mass is 10.1. The number of rotatable bonds is 6. The average Bonchev–Trinajstić information content (AvgIpc) is 2.71. The highest BCUT2D eigenvalue weighted by atomic mass is 35.5. The SMILES string of the molecule is COc1ccc2cc(/C=C/C(=O)OCC(=O)Nc3ccc(Cl)cc3)ccc2c1. The molecule has 0 aliphatic heterocycles. The van der Waals surface area contributed by atoms with Gasteiger partial charge < -0.3 is 14.8 Å². The number of benzene rings is 3. The lowest BCUT2D eigenvalue weighted by Crippen LogP contribution is -2.20. The van der Waals surface area contributed by atoms with E-state index < -0.39 is 11.9 Å². The second-order valence-corrected chi connectivity index (χ2v) is 6.41. The quantitative estimate of drug-likeness (QED) is 0.485. The van der Waals surface area contributed by atoms with Gasteiger partial charge in [0.2, 0.25) is 0 Å². The van der Waals surface area contributed by atoms with Crippen LogP contribution in [-0.4, -0.2) is 25.6 Å². The number of carbonyl (C=O) groups excluding carboxylic acids is 2. The van der Waals surface area contributed by atoms with E-state index in [-0.39, 0.29) is 6.61 Å². The maximum atomic E-state index is 11.8. The van der Waals surface area contributed by atoms with Crippen molar-refractivity contribution < 1.29 is 19.1 Å². The van der Waals surface area contributed by atoms with Crippen molar-refractivity contribution in [2.75, 3.05) is 19.0 Å². The van der Waals surface area contributed by atoms with Gasteiger partial charge in [-0.3, -0.25) is 4.79 Å². The highest BCUT2D eigenvalue weighted by molar-refractivity contribution is 6.30. The molecule has 28 heavy (non-hydrogen) atoms. The number of carbonyl (C=O) groups is 2. The Morgan fingerprint density at radius 1 is 1.00 bits per heavy atom. The first-order valence-corrected chi connectivity index (χ1v) is 8.89. The zero-order valence-electron chi connectivity index (χ0n) is 15.1. The molecule has 0 atom stereocenters. The minimum Gasteiger partial charge on any atom is -0.497 e. The summed E-state index contributed by atoms with van der Waals surface area (Å²) in [5.74, 6) is -0.235. The van der Waals surface area contributed by atoms with Gasteiger partial charge in [0.05, 0.1) is 7.11 Å². The van der Waals surface area contributed by atoms with Crippen LogP contribution in [0.3, 0.4) is 0 Å². The number of esters is 1. The number of amides is 1. The standard InChI is InChI=1S/C22H18ClNO4/c1-27-20-10-5-16-12-15(2-4-17(16)13-20)3-11-22(26)28-14-21(25)24-19-8-6-18(23)7-9-19/h2-13H,14H2,1H3,(H,24,25)/b11-3+. The second kappa shape index (κ2) is 9.06. The molecule has 0 unspecified atom stereocenters. The number of nitrogens with one attached hydrogen (secondary N) is 1. The minimum atomic E-state index is -0.596. The first-order chi connectivity index (χ1) is 13.5. The second-order valence-electron chi connectivity index (χ2n) is 5.97. The maximum absolute atomic E-state index is 11.8. The molecule has 142 valence electrons. The Hall–Kier alpha value is -3.31. The summed E-state index contributed by atoms with van der Waals surface area (Å²) in [6.45, 7) is -0.372. The molecule has 1 N–H and O–H groups in total. The lowest BCUT2D eigenvalue weighted by Gasteiger charge is -2.05. The van der Waals surface area contributed by atoms with E-state index in [9.17, 15) is 9.59 Å². The highest BCUT2D eigenvalue weighted by Crippen LogP contribution is 2.22. The van der Waals surface area contributed by atoms with Crippen molar-refractivity contribution in [3.05, 3.63) is 77.3 Å². The van der Waals surface area contributed by atoms with Gasteiger partial charge in [0.15, 0.2) is 6.61 Å². The molecule has 0 aromatic heterocycles. The van der Waals surface area contributed by atoms with Crippen molar-refractivity contribution in [1.82, 2.24) is 0 Å². The van der Waals surface area contributed by atoms with Crippen LogP contribution in [0.4, 0.5) is 5.69 Å². The average molecular weight is 396 g/mol. The van der Waals surface area contributed by atoms with Gasteiger partial charge >= 0.3 is 5.97 Å². The summed E-state index contributed by atoms with van der Waals surface area (Å²) in [4.78, 5) is 23.7. The van der Waals surface area contributed by atoms with E-state index in [1.54, 1.807) is 37.5 Å². The van der Waals surface area contributed by atoms with E-state index in [1.807, 2.05) is 36.4 Å². The molecule has 6 heteroatoms. The van der Waals surface area contributed by atoms with Crippen molar-refractivity contribution in [3.8, 4) is 5.75 Å². The van der Waals surface area contributed by atoms with Crippen molar-refractivity contribution >= 4 is 46.0 Å². The number of halogens is 1. The third kappa shape index (κ3) is 5.34. The Bertz CT molecular complexity index is 1030. The number of hydrogen-bond donors (Lipinski definition) is 1. The molecule has 0 saturated carbocycles. The van der Waals surface area contributed by atoms with Crippen LogP contribution in [0.15, 0.2) is 66.7 Å². The molecule has 3 aromatic rings. The molecule has 0 aliphatic carbocycles. The summed E-state index contributed by atoms with van der Waals surface area (Å²) in [5, 5.41) is 5.26. The van der Waals surface area contributed by atoms with Crippen LogP contribution >= 0.6 is 11.6 Å². The minimum absolute atomic E-state index is 0.372. The number of hydrogen-bond acceptors (Lipinski definition) is 4. The topological polar surface area (TPSA) is 64.6 Å². The molecule has 0 spiro atoms. The van der Waals surface area contributed by atoms with Crippen molar-refractivity contribution in [3.63, 3.8) is 0 Å². The number of fused-ring (bicyclic) bond motifs is 1. The summed E-state index contributed by atoms with van der Waals surface area (Å²) < 4.78 is 10.2. The Balaban J connectivity index is 1.53. The van der Waals surface area contributed by atoms with Gasteiger partial charge in [0.1, 0.15) is 5.75 Å². The molecule has 0 fully saturated rings. The normalized spacial score (nSPS) is 10.8. The van der Waals surface area contributed by atoms with Gasteiger partial charge in [-0.1, -0.05) is 29.8 Å². The zero-order chi connectivity index (χ0) is 19.9. The molecule has 0 heterocycles. The summed E-state index contributed by atoms with van der Waals surface area (Å²) in [7, 11) is 1.62. The molecular weight excluding hydrogens is 378 g/mol. The third-order valence-corrected chi connectivity index (χ3v) is 4.21. The van der Waals surface area contributed by atoms with Gasteiger partial charge in [0.25, 0.3) is 5.91 Å². The first kappa shape index (κ1) is 19.5. The Morgan fingerprint density at radius 2 is 1.71 bits per heavy atom. The highest BCUT2D eigenvalue weighted by Gasteiger charge is 2.06. The van der Waals surface area contributed by atoms with Crippen LogP contribution in [0.2, 0.25) is 5.02 Å². The summed E-state index contributed by atoms with van der Waals surface area (Å²) in [6, 6.07) is 18.2.